The van der Waals surface area contributed by atoms with Crippen molar-refractivity contribution in [2.24, 2.45) is 5.41 Å². The van der Waals surface area contributed by atoms with Gasteiger partial charge in [0.25, 0.3) is 0 Å². The van der Waals surface area contributed by atoms with Gasteiger partial charge in [-0.25, -0.2) is 0 Å². The average molecular weight is 353 g/mol. The minimum atomic E-state index is -4.35. The van der Waals surface area contributed by atoms with Crippen LogP contribution in [-0.2, 0) is 6.18 Å². The van der Waals surface area contributed by atoms with Crippen molar-refractivity contribution in [3.8, 4) is 0 Å². The van der Waals surface area contributed by atoms with Gasteiger partial charge in [-0.1, -0.05) is 6.92 Å². The molecule has 8 heteroatoms. The summed E-state index contributed by atoms with van der Waals surface area (Å²) in [6.45, 7) is 7.38. The Kier molecular flexibility index (Phi) is 5.63. The van der Waals surface area contributed by atoms with Crippen LogP contribution in [-0.4, -0.2) is 47.4 Å². The minimum absolute atomic E-state index is 0. The van der Waals surface area contributed by atoms with E-state index in [4.69, 9.17) is 0 Å². The fourth-order valence-corrected chi connectivity index (χ4v) is 3.58. The van der Waals surface area contributed by atoms with Gasteiger partial charge < -0.3 is 10.2 Å². The van der Waals surface area contributed by atoms with Crippen LogP contribution in [0.2, 0.25) is 0 Å². The van der Waals surface area contributed by atoms with Crippen molar-refractivity contribution in [3.05, 3.63) is 18.0 Å². The molecule has 2 aliphatic rings. The number of piperidine rings is 1. The molecule has 0 saturated carbocycles. The third-order valence-corrected chi connectivity index (χ3v) is 4.89. The van der Waals surface area contributed by atoms with Crippen molar-refractivity contribution in [3.63, 3.8) is 0 Å². The van der Waals surface area contributed by atoms with E-state index in [1.165, 1.54) is 17.3 Å². The van der Waals surface area contributed by atoms with Crippen molar-refractivity contribution < 1.29 is 13.2 Å². The highest BCUT2D eigenvalue weighted by atomic mass is 35.5. The summed E-state index contributed by atoms with van der Waals surface area (Å²) in [6, 6.07) is 1.15. The number of hydrogen-bond acceptors (Lipinski definition) is 3. The lowest BCUT2D eigenvalue weighted by Gasteiger charge is -2.37. The van der Waals surface area contributed by atoms with Crippen LogP contribution in [0.5, 0.6) is 0 Å². The van der Waals surface area contributed by atoms with E-state index in [9.17, 15) is 13.2 Å². The molecule has 0 spiro atoms. The number of hydrogen-bond donors (Lipinski definition) is 1. The summed E-state index contributed by atoms with van der Waals surface area (Å²) in [5.41, 5.74) is -0.457. The first-order valence-electron chi connectivity index (χ1n) is 7.91. The number of rotatable bonds is 3. The van der Waals surface area contributed by atoms with Gasteiger partial charge >= 0.3 is 6.18 Å². The van der Waals surface area contributed by atoms with Crippen LogP contribution in [0.3, 0.4) is 0 Å². The maximum atomic E-state index is 12.6. The van der Waals surface area contributed by atoms with Gasteiger partial charge in [0.2, 0.25) is 0 Å². The van der Waals surface area contributed by atoms with Gasteiger partial charge in [0, 0.05) is 32.4 Å². The SMILES string of the molecule is CC1(CN2CCC(n3ccc(C(F)(F)F)n3)CC2)CCNC1.Cl. The van der Waals surface area contributed by atoms with Crippen LogP contribution >= 0.6 is 12.4 Å². The van der Waals surface area contributed by atoms with E-state index in [-0.39, 0.29) is 18.4 Å². The van der Waals surface area contributed by atoms with Gasteiger partial charge in [-0.05, 0) is 37.3 Å². The molecule has 4 nitrogen and oxygen atoms in total. The average Bonchev–Trinajstić information content (AvgIpc) is 3.08. The summed E-state index contributed by atoms with van der Waals surface area (Å²) in [7, 11) is 0. The second-order valence-corrected chi connectivity index (χ2v) is 6.92. The van der Waals surface area contributed by atoms with Gasteiger partial charge in [-0.2, -0.15) is 18.3 Å². The lowest BCUT2D eigenvalue weighted by molar-refractivity contribution is -0.141. The molecule has 1 unspecified atom stereocenters. The zero-order valence-corrected chi connectivity index (χ0v) is 14.1. The standard InChI is InChI=1S/C15H23F3N4.ClH/c1-14(5-6-19-10-14)11-21-7-2-12(3-8-21)22-9-4-13(20-22)15(16,17)18;/h4,9,12,19H,2-3,5-8,10-11H2,1H3;1H. The molecule has 0 amide bonds. The van der Waals surface area contributed by atoms with Crippen LogP contribution in [0, 0.1) is 5.41 Å². The zero-order chi connectivity index (χ0) is 15.8. The second-order valence-electron chi connectivity index (χ2n) is 6.92. The Morgan fingerprint density at radius 2 is 2.04 bits per heavy atom. The van der Waals surface area contributed by atoms with E-state index in [0.29, 0.717) is 5.41 Å². The van der Waals surface area contributed by atoms with Crippen molar-refractivity contribution in [2.75, 3.05) is 32.7 Å². The highest BCUT2D eigenvalue weighted by Crippen LogP contribution is 2.31. The molecule has 3 heterocycles. The van der Waals surface area contributed by atoms with E-state index in [2.05, 4.69) is 22.2 Å². The van der Waals surface area contributed by atoms with Crippen molar-refractivity contribution in [2.45, 2.75) is 38.4 Å². The second kappa shape index (κ2) is 6.99. The lowest BCUT2D eigenvalue weighted by Crippen LogP contribution is -2.42. The van der Waals surface area contributed by atoms with E-state index in [1.807, 2.05) is 0 Å². The summed E-state index contributed by atoms with van der Waals surface area (Å²) in [5.74, 6) is 0. The van der Waals surface area contributed by atoms with Gasteiger partial charge in [0.1, 0.15) is 0 Å². The van der Waals surface area contributed by atoms with E-state index >= 15 is 0 Å². The Hall–Kier alpha value is -0.790. The fraction of sp³-hybridized carbons (Fsp3) is 0.800. The smallest absolute Gasteiger partial charge is 0.316 e. The number of nitrogens with one attached hydrogen (secondary N) is 1. The molecule has 3 rings (SSSR count). The highest BCUT2D eigenvalue weighted by molar-refractivity contribution is 5.85. The molecule has 0 bridgehead atoms. The van der Waals surface area contributed by atoms with Gasteiger partial charge in [-0.3, -0.25) is 4.68 Å². The first kappa shape index (κ1) is 18.5. The zero-order valence-electron chi connectivity index (χ0n) is 13.3. The molecule has 2 aliphatic heterocycles. The monoisotopic (exact) mass is 352 g/mol. The van der Waals surface area contributed by atoms with Crippen molar-refractivity contribution in [1.82, 2.24) is 20.0 Å². The van der Waals surface area contributed by atoms with Crippen molar-refractivity contribution in [1.29, 1.82) is 0 Å². The predicted octanol–water partition coefficient (Wildman–Crippen LogP) is 2.96. The largest absolute Gasteiger partial charge is 0.435 e. The molecule has 0 aromatic carbocycles. The number of alkyl halides is 3. The van der Waals surface area contributed by atoms with Crippen LogP contribution in [0.1, 0.15) is 37.9 Å². The summed E-state index contributed by atoms with van der Waals surface area (Å²) in [4.78, 5) is 2.44. The third-order valence-electron chi connectivity index (χ3n) is 4.89. The Balaban J connectivity index is 0.00000192. The maximum absolute atomic E-state index is 12.6. The van der Waals surface area contributed by atoms with Crippen LogP contribution < -0.4 is 5.32 Å². The van der Waals surface area contributed by atoms with E-state index < -0.39 is 11.9 Å². The molecule has 1 aromatic rings. The number of halogens is 4. The molecule has 0 radical (unpaired) electrons. The first-order valence-corrected chi connectivity index (χ1v) is 7.91. The molecular weight excluding hydrogens is 329 g/mol. The molecule has 2 saturated heterocycles. The topological polar surface area (TPSA) is 33.1 Å². The Morgan fingerprint density at radius 1 is 1.35 bits per heavy atom. The summed E-state index contributed by atoms with van der Waals surface area (Å²) < 4.78 is 39.3. The lowest BCUT2D eigenvalue weighted by atomic mass is 9.88. The van der Waals surface area contributed by atoms with Gasteiger partial charge in [0.15, 0.2) is 5.69 Å². The van der Waals surface area contributed by atoms with E-state index in [0.717, 1.165) is 51.6 Å². The van der Waals surface area contributed by atoms with Crippen LogP contribution in [0.25, 0.3) is 0 Å². The summed E-state index contributed by atoms with van der Waals surface area (Å²) in [5, 5.41) is 7.12. The normalized spacial score (nSPS) is 27.1. The van der Waals surface area contributed by atoms with E-state index in [1.54, 1.807) is 0 Å². The molecule has 1 N–H and O–H groups in total. The first-order chi connectivity index (χ1) is 10.4. The molecule has 23 heavy (non-hydrogen) atoms. The number of nitrogens with zero attached hydrogens (tertiary/aromatic N) is 3. The van der Waals surface area contributed by atoms with Crippen LogP contribution in [0.15, 0.2) is 12.3 Å². The summed E-state index contributed by atoms with van der Waals surface area (Å²) >= 11 is 0. The Morgan fingerprint density at radius 3 is 2.57 bits per heavy atom. The summed E-state index contributed by atoms with van der Waals surface area (Å²) in [6.07, 6.45) is 0.0351. The van der Waals surface area contributed by atoms with Crippen molar-refractivity contribution >= 4 is 12.4 Å². The van der Waals surface area contributed by atoms with Crippen LogP contribution in [0.4, 0.5) is 13.2 Å². The number of likely N-dealkylation sites (tertiary alicyclic amines) is 1. The molecule has 1 atom stereocenters. The molecule has 2 fully saturated rings. The molecular formula is C15H24ClF3N4. The Labute approximate surface area is 140 Å². The third kappa shape index (κ3) is 4.39. The Bertz CT molecular complexity index is 503. The predicted molar refractivity (Wildman–Crippen MR) is 84.8 cm³/mol. The fourth-order valence-electron chi connectivity index (χ4n) is 3.58. The molecule has 1 aromatic heterocycles. The minimum Gasteiger partial charge on any atom is -0.316 e. The molecule has 132 valence electrons. The van der Waals surface area contributed by atoms with Gasteiger partial charge in [-0.15, -0.1) is 12.4 Å². The maximum Gasteiger partial charge on any atom is 0.435 e. The highest BCUT2D eigenvalue weighted by Gasteiger charge is 2.35. The quantitative estimate of drug-likeness (QED) is 0.908. The number of aromatic nitrogens is 2. The molecule has 0 aliphatic carbocycles. The van der Waals surface area contributed by atoms with Gasteiger partial charge in [0.05, 0.1) is 6.04 Å².